The summed E-state index contributed by atoms with van der Waals surface area (Å²) in [6, 6.07) is 9.81. The van der Waals surface area contributed by atoms with Crippen molar-refractivity contribution in [2.75, 3.05) is 0 Å². The number of aryl methyl sites for hydroxylation is 1. The van der Waals surface area contributed by atoms with Crippen molar-refractivity contribution in [3.63, 3.8) is 0 Å². The summed E-state index contributed by atoms with van der Waals surface area (Å²) in [4.78, 5) is 15.3. The lowest BCUT2D eigenvalue weighted by Gasteiger charge is -2.08. The zero-order valence-corrected chi connectivity index (χ0v) is 10.5. The number of carboxylic acid groups (broad SMARTS) is 1. The molecule has 0 saturated carbocycles. The maximum Gasteiger partial charge on any atom is 0.316 e. The first-order chi connectivity index (χ1) is 8.08. The van der Waals surface area contributed by atoms with E-state index in [0.717, 1.165) is 21.5 Å². The number of rotatable bonds is 3. The lowest BCUT2D eigenvalue weighted by Crippen LogP contribution is -2.11. The maximum absolute atomic E-state index is 10.8. The fourth-order valence-corrected chi connectivity index (χ4v) is 2.47. The van der Waals surface area contributed by atoms with Crippen molar-refractivity contribution in [2.45, 2.75) is 24.1 Å². The Hall–Kier alpha value is -1.55. The minimum Gasteiger partial charge on any atom is -0.480 e. The summed E-state index contributed by atoms with van der Waals surface area (Å²) < 4.78 is 0. The third-order valence-electron chi connectivity index (χ3n) is 2.54. The van der Waals surface area contributed by atoms with Gasteiger partial charge >= 0.3 is 5.97 Å². The highest BCUT2D eigenvalue weighted by Crippen LogP contribution is 2.26. The topological polar surface area (TPSA) is 50.2 Å². The SMILES string of the molecule is Cc1cc(S[C@H](C)C(=O)O)nc2ccccc12. The zero-order chi connectivity index (χ0) is 12.4. The van der Waals surface area contributed by atoms with Gasteiger partial charge in [-0.15, -0.1) is 0 Å². The van der Waals surface area contributed by atoms with E-state index in [0.29, 0.717) is 0 Å². The molecule has 0 aliphatic carbocycles. The average molecular weight is 247 g/mol. The second-order valence-electron chi connectivity index (χ2n) is 3.89. The van der Waals surface area contributed by atoms with Crippen molar-refractivity contribution in [3.8, 4) is 0 Å². The van der Waals surface area contributed by atoms with Gasteiger partial charge in [-0.3, -0.25) is 4.79 Å². The largest absolute Gasteiger partial charge is 0.480 e. The normalized spacial score (nSPS) is 12.6. The number of hydrogen-bond donors (Lipinski definition) is 1. The number of hydrogen-bond acceptors (Lipinski definition) is 3. The number of thioether (sulfide) groups is 1. The lowest BCUT2D eigenvalue weighted by atomic mass is 10.1. The van der Waals surface area contributed by atoms with Gasteiger partial charge in [0.05, 0.1) is 10.5 Å². The van der Waals surface area contributed by atoms with E-state index >= 15 is 0 Å². The van der Waals surface area contributed by atoms with Gasteiger partial charge in [0.1, 0.15) is 5.25 Å². The molecule has 4 heteroatoms. The summed E-state index contributed by atoms with van der Waals surface area (Å²) in [7, 11) is 0. The molecule has 1 heterocycles. The summed E-state index contributed by atoms with van der Waals surface area (Å²) in [6.07, 6.45) is 0. The van der Waals surface area contributed by atoms with Gasteiger partial charge in [-0.25, -0.2) is 4.98 Å². The van der Waals surface area contributed by atoms with Crippen LogP contribution >= 0.6 is 11.8 Å². The Morgan fingerprint density at radius 1 is 1.41 bits per heavy atom. The fourth-order valence-electron chi connectivity index (χ4n) is 1.61. The quantitative estimate of drug-likeness (QED) is 0.847. The number of fused-ring (bicyclic) bond motifs is 1. The lowest BCUT2D eigenvalue weighted by molar-refractivity contribution is -0.136. The van der Waals surface area contributed by atoms with Crippen LogP contribution in [0.15, 0.2) is 35.4 Å². The van der Waals surface area contributed by atoms with Crippen LogP contribution in [-0.4, -0.2) is 21.3 Å². The van der Waals surface area contributed by atoms with E-state index < -0.39 is 11.2 Å². The highest BCUT2D eigenvalue weighted by Gasteiger charge is 2.14. The molecule has 0 fully saturated rings. The number of benzene rings is 1. The summed E-state index contributed by atoms with van der Waals surface area (Å²) in [5.74, 6) is -0.817. The van der Waals surface area contributed by atoms with Crippen LogP contribution < -0.4 is 0 Å². The molecule has 1 N–H and O–H groups in total. The fraction of sp³-hybridized carbons (Fsp3) is 0.231. The molecular formula is C13H13NO2S. The van der Waals surface area contributed by atoms with Crippen LogP contribution in [0.4, 0.5) is 0 Å². The van der Waals surface area contributed by atoms with Crippen molar-refractivity contribution in [2.24, 2.45) is 0 Å². The van der Waals surface area contributed by atoms with Crippen molar-refractivity contribution in [3.05, 3.63) is 35.9 Å². The number of aromatic nitrogens is 1. The second kappa shape index (κ2) is 4.75. The Morgan fingerprint density at radius 3 is 2.82 bits per heavy atom. The zero-order valence-electron chi connectivity index (χ0n) is 9.68. The van der Waals surface area contributed by atoms with E-state index in [4.69, 9.17) is 5.11 Å². The van der Waals surface area contributed by atoms with Crippen LogP contribution in [-0.2, 0) is 4.79 Å². The van der Waals surface area contributed by atoms with Crippen LogP contribution in [0.1, 0.15) is 12.5 Å². The molecule has 0 aliphatic heterocycles. The Kier molecular flexibility index (Phi) is 3.33. The van der Waals surface area contributed by atoms with Crippen LogP contribution in [0.2, 0.25) is 0 Å². The van der Waals surface area contributed by atoms with E-state index in [-0.39, 0.29) is 0 Å². The number of nitrogens with zero attached hydrogens (tertiary/aromatic N) is 1. The Balaban J connectivity index is 2.40. The van der Waals surface area contributed by atoms with Crippen molar-refractivity contribution in [1.82, 2.24) is 4.98 Å². The predicted octanol–water partition coefficient (Wildman–Crippen LogP) is 3.11. The molecule has 0 radical (unpaired) electrons. The molecule has 1 atom stereocenters. The number of aliphatic carboxylic acids is 1. The molecular weight excluding hydrogens is 234 g/mol. The van der Waals surface area contributed by atoms with Crippen molar-refractivity contribution < 1.29 is 9.90 Å². The van der Waals surface area contributed by atoms with Gasteiger partial charge in [-0.2, -0.15) is 0 Å². The monoisotopic (exact) mass is 247 g/mol. The molecule has 0 amide bonds. The Bertz CT molecular complexity index is 568. The van der Waals surface area contributed by atoms with Gasteiger partial charge in [0.2, 0.25) is 0 Å². The van der Waals surface area contributed by atoms with E-state index in [1.54, 1.807) is 6.92 Å². The molecule has 0 spiro atoms. The Morgan fingerprint density at radius 2 is 2.12 bits per heavy atom. The predicted molar refractivity (Wildman–Crippen MR) is 69.4 cm³/mol. The summed E-state index contributed by atoms with van der Waals surface area (Å²) in [5.41, 5.74) is 2.03. The van der Waals surface area contributed by atoms with Crippen LogP contribution in [0.25, 0.3) is 10.9 Å². The molecule has 0 bridgehead atoms. The van der Waals surface area contributed by atoms with Crippen molar-refractivity contribution in [1.29, 1.82) is 0 Å². The molecule has 1 aromatic carbocycles. The van der Waals surface area contributed by atoms with E-state index in [2.05, 4.69) is 4.98 Å². The molecule has 1 aromatic heterocycles. The molecule has 0 aliphatic rings. The molecule has 2 aromatic rings. The average Bonchev–Trinajstić information content (AvgIpc) is 2.29. The molecule has 3 nitrogen and oxygen atoms in total. The molecule has 2 rings (SSSR count). The highest BCUT2D eigenvalue weighted by molar-refractivity contribution is 8.00. The van der Waals surface area contributed by atoms with E-state index in [1.807, 2.05) is 37.3 Å². The van der Waals surface area contributed by atoms with Gasteiger partial charge in [0, 0.05) is 5.39 Å². The first kappa shape index (κ1) is 11.9. The number of carboxylic acids is 1. The van der Waals surface area contributed by atoms with E-state index in [9.17, 15) is 4.79 Å². The molecule has 0 unspecified atom stereocenters. The standard InChI is InChI=1S/C13H13NO2S/c1-8-7-12(17-9(2)13(15)16)14-11-6-4-3-5-10(8)11/h3-7,9H,1-2H3,(H,15,16)/t9-/m1/s1. The number of carbonyl (C=O) groups is 1. The molecule has 17 heavy (non-hydrogen) atoms. The summed E-state index contributed by atoms with van der Waals surface area (Å²) in [5, 5.41) is 10.3. The van der Waals surface area contributed by atoms with Gasteiger partial charge < -0.3 is 5.11 Å². The Labute approximate surface area is 104 Å². The number of para-hydroxylation sites is 1. The van der Waals surface area contributed by atoms with Crippen LogP contribution in [0.3, 0.4) is 0 Å². The molecule has 0 saturated heterocycles. The van der Waals surface area contributed by atoms with Gasteiger partial charge in [-0.05, 0) is 31.5 Å². The minimum atomic E-state index is -0.817. The van der Waals surface area contributed by atoms with Crippen LogP contribution in [0, 0.1) is 6.92 Å². The van der Waals surface area contributed by atoms with Gasteiger partial charge in [0.15, 0.2) is 0 Å². The van der Waals surface area contributed by atoms with Crippen LogP contribution in [0.5, 0.6) is 0 Å². The van der Waals surface area contributed by atoms with Gasteiger partial charge in [-0.1, -0.05) is 30.0 Å². The van der Waals surface area contributed by atoms with Gasteiger partial charge in [0.25, 0.3) is 0 Å². The molecule has 88 valence electrons. The summed E-state index contributed by atoms with van der Waals surface area (Å²) in [6.45, 7) is 3.68. The third kappa shape index (κ3) is 2.58. The summed E-state index contributed by atoms with van der Waals surface area (Å²) >= 11 is 1.27. The minimum absolute atomic E-state index is 0.483. The maximum atomic E-state index is 10.8. The first-order valence-corrected chi connectivity index (χ1v) is 6.22. The second-order valence-corrected chi connectivity index (χ2v) is 5.25. The third-order valence-corrected chi connectivity index (χ3v) is 3.55. The van der Waals surface area contributed by atoms with Crippen molar-refractivity contribution >= 4 is 28.6 Å². The number of pyridine rings is 1. The smallest absolute Gasteiger partial charge is 0.316 e. The first-order valence-electron chi connectivity index (χ1n) is 5.34. The highest BCUT2D eigenvalue weighted by atomic mass is 32.2. The van der Waals surface area contributed by atoms with E-state index in [1.165, 1.54) is 11.8 Å².